The Kier molecular flexibility index (Phi) is 8.52. The number of rotatable bonds is 10. The topological polar surface area (TPSA) is 107 Å². The van der Waals surface area contributed by atoms with Crippen LogP contribution in [0.15, 0.2) is 0 Å². The molecule has 28 heavy (non-hydrogen) atoms. The van der Waals surface area contributed by atoms with Crippen LogP contribution in [0.2, 0.25) is 0 Å². The summed E-state index contributed by atoms with van der Waals surface area (Å²) in [6.45, 7) is 15.1. The second-order valence-corrected chi connectivity index (χ2v) is 9.81. The lowest BCUT2D eigenvalue weighted by Crippen LogP contribution is -2.49. The van der Waals surface area contributed by atoms with Crippen LogP contribution in [-0.2, 0) is 9.53 Å². The predicted octanol–water partition coefficient (Wildman–Crippen LogP) is 3.07. The van der Waals surface area contributed by atoms with E-state index >= 15 is 0 Å². The van der Waals surface area contributed by atoms with E-state index in [1.807, 2.05) is 27.7 Å². The molecular weight excluding hydrogens is 360 g/mol. The average Bonchev–Trinajstić information content (AvgIpc) is 2.91. The molecule has 1 aliphatic rings. The molecule has 0 spiro atoms. The fourth-order valence-corrected chi connectivity index (χ4v) is 5.02. The highest BCUT2D eigenvalue weighted by Crippen LogP contribution is 2.45. The third kappa shape index (κ3) is 5.47. The first-order chi connectivity index (χ1) is 12.7. The molecule has 6 nitrogen and oxygen atoms in total. The minimum atomic E-state index is -1.20. The molecule has 2 unspecified atom stereocenters. The Labute approximate surface area is 170 Å². The van der Waals surface area contributed by atoms with Gasteiger partial charge in [0, 0.05) is 0 Å². The van der Waals surface area contributed by atoms with Gasteiger partial charge in [0.1, 0.15) is 0 Å². The van der Waals surface area contributed by atoms with Gasteiger partial charge in [-0.15, -0.1) is 0 Å². The van der Waals surface area contributed by atoms with Crippen LogP contribution < -0.4 is 0 Å². The fraction of sp³-hybridized carbons (Fsp3) is 0.955. The number of carboxylic acid groups (broad SMARTS) is 1. The van der Waals surface area contributed by atoms with E-state index in [-0.39, 0.29) is 29.8 Å². The molecular formula is C22H42O6. The minimum Gasteiger partial charge on any atom is -0.481 e. The van der Waals surface area contributed by atoms with Crippen molar-refractivity contribution in [1.82, 2.24) is 0 Å². The predicted molar refractivity (Wildman–Crippen MR) is 109 cm³/mol. The van der Waals surface area contributed by atoms with E-state index in [2.05, 4.69) is 13.8 Å². The Morgan fingerprint density at radius 1 is 1.25 bits per heavy atom. The van der Waals surface area contributed by atoms with Crippen LogP contribution >= 0.6 is 0 Å². The van der Waals surface area contributed by atoms with Gasteiger partial charge in [-0.05, 0) is 63.7 Å². The molecule has 166 valence electrons. The van der Waals surface area contributed by atoms with Crippen LogP contribution in [-0.4, -0.2) is 55.9 Å². The summed E-state index contributed by atoms with van der Waals surface area (Å²) in [5, 5.41) is 40.6. The molecule has 1 aliphatic heterocycles. The van der Waals surface area contributed by atoms with Crippen molar-refractivity contribution in [3.05, 3.63) is 0 Å². The normalized spacial score (nSPS) is 34.1. The van der Waals surface area contributed by atoms with Gasteiger partial charge < -0.3 is 25.2 Å². The molecule has 0 aromatic carbocycles. The Morgan fingerprint density at radius 3 is 2.25 bits per heavy atom. The van der Waals surface area contributed by atoms with Crippen LogP contribution in [0, 0.1) is 29.6 Å². The van der Waals surface area contributed by atoms with E-state index in [1.165, 1.54) is 6.92 Å². The summed E-state index contributed by atoms with van der Waals surface area (Å²) in [4.78, 5) is 11.2. The largest absolute Gasteiger partial charge is 0.481 e. The van der Waals surface area contributed by atoms with Crippen LogP contribution in [0.1, 0.15) is 74.7 Å². The summed E-state index contributed by atoms with van der Waals surface area (Å²) in [6, 6.07) is 0. The number of hydrogen-bond acceptors (Lipinski definition) is 5. The number of hydrogen-bond donors (Lipinski definition) is 4. The van der Waals surface area contributed by atoms with Gasteiger partial charge in [-0.3, -0.25) is 4.79 Å². The van der Waals surface area contributed by atoms with Crippen LogP contribution in [0.5, 0.6) is 0 Å². The molecule has 0 amide bonds. The maximum absolute atomic E-state index is 11.2. The summed E-state index contributed by atoms with van der Waals surface area (Å²) >= 11 is 0. The van der Waals surface area contributed by atoms with E-state index in [0.717, 1.165) is 6.42 Å². The van der Waals surface area contributed by atoms with Crippen LogP contribution in [0.3, 0.4) is 0 Å². The highest BCUT2D eigenvalue weighted by atomic mass is 16.5. The standard InChI is InChI=1S/C22H42O6/c1-9-17(23)22(8,27)16(6)14(4)19-13(3)11-21(7,28-19)10-12(2)18(24)15(5)20(25)26/h12-19,23-24,27H,9-11H2,1-8H3,(H,25,26)/t12-,13?,14-,15-,16-,17-,18+,19?,21+,22+/m1/s1. The molecule has 0 aromatic heterocycles. The molecule has 6 heteroatoms. The lowest BCUT2D eigenvalue weighted by atomic mass is 9.73. The minimum absolute atomic E-state index is 0.0335. The molecule has 1 saturated heterocycles. The number of aliphatic hydroxyl groups is 3. The molecule has 1 heterocycles. The Hall–Kier alpha value is -0.690. The van der Waals surface area contributed by atoms with Gasteiger partial charge in [-0.25, -0.2) is 0 Å². The molecule has 0 aliphatic carbocycles. The van der Waals surface area contributed by atoms with Crippen molar-refractivity contribution in [3.8, 4) is 0 Å². The molecule has 0 aromatic rings. The van der Waals surface area contributed by atoms with Crippen molar-refractivity contribution in [2.45, 2.75) is 104 Å². The zero-order chi connectivity index (χ0) is 22.0. The van der Waals surface area contributed by atoms with E-state index in [9.17, 15) is 20.1 Å². The molecule has 0 saturated carbocycles. The highest BCUT2D eigenvalue weighted by Gasteiger charge is 2.49. The lowest BCUT2D eigenvalue weighted by Gasteiger charge is -2.41. The number of aliphatic hydroxyl groups excluding tert-OH is 2. The van der Waals surface area contributed by atoms with E-state index in [4.69, 9.17) is 9.84 Å². The summed E-state index contributed by atoms with van der Waals surface area (Å²) in [5.41, 5.74) is -1.65. The van der Waals surface area contributed by atoms with Crippen molar-refractivity contribution < 1.29 is 30.0 Å². The van der Waals surface area contributed by atoms with Gasteiger partial charge in [-0.2, -0.15) is 0 Å². The maximum Gasteiger partial charge on any atom is 0.308 e. The van der Waals surface area contributed by atoms with E-state index in [1.54, 1.807) is 6.92 Å². The summed E-state index contributed by atoms with van der Waals surface area (Å²) in [6.07, 6.45) is 0.0783. The molecule has 0 radical (unpaired) electrons. The molecule has 10 atom stereocenters. The molecule has 4 N–H and O–H groups in total. The second kappa shape index (κ2) is 9.41. The van der Waals surface area contributed by atoms with Gasteiger partial charge in [0.25, 0.3) is 0 Å². The van der Waals surface area contributed by atoms with Crippen LogP contribution in [0.4, 0.5) is 0 Å². The molecule has 1 rings (SSSR count). The third-order valence-corrected chi connectivity index (χ3v) is 7.26. The smallest absolute Gasteiger partial charge is 0.308 e. The summed E-state index contributed by atoms with van der Waals surface area (Å²) < 4.78 is 6.46. The monoisotopic (exact) mass is 402 g/mol. The number of carbonyl (C=O) groups is 1. The first-order valence-corrected chi connectivity index (χ1v) is 10.7. The quantitative estimate of drug-likeness (QED) is 0.447. The third-order valence-electron chi connectivity index (χ3n) is 7.26. The van der Waals surface area contributed by atoms with E-state index < -0.39 is 35.3 Å². The average molecular weight is 403 g/mol. The summed E-state index contributed by atoms with van der Waals surface area (Å²) in [7, 11) is 0. The van der Waals surface area contributed by atoms with Crippen molar-refractivity contribution in [2.24, 2.45) is 29.6 Å². The van der Waals surface area contributed by atoms with Gasteiger partial charge in [-0.1, -0.05) is 34.6 Å². The lowest BCUT2D eigenvalue weighted by molar-refractivity contribution is -0.149. The number of ether oxygens (including phenoxy) is 1. The van der Waals surface area contributed by atoms with Crippen molar-refractivity contribution in [1.29, 1.82) is 0 Å². The zero-order valence-electron chi connectivity index (χ0n) is 18.8. The van der Waals surface area contributed by atoms with E-state index in [0.29, 0.717) is 12.8 Å². The zero-order valence-corrected chi connectivity index (χ0v) is 18.8. The van der Waals surface area contributed by atoms with Crippen molar-refractivity contribution in [2.75, 3.05) is 0 Å². The molecule has 0 bridgehead atoms. The van der Waals surface area contributed by atoms with Gasteiger partial charge in [0.05, 0.1) is 35.4 Å². The Balaban J connectivity index is 2.86. The van der Waals surface area contributed by atoms with Crippen LogP contribution in [0.25, 0.3) is 0 Å². The Morgan fingerprint density at radius 2 is 1.79 bits per heavy atom. The van der Waals surface area contributed by atoms with Crippen molar-refractivity contribution in [3.63, 3.8) is 0 Å². The maximum atomic E-state index is 11.2. The van der Waals surface area contributed by atoms with Gasteiger partial charge in [0.15, 0.2) is 0 Å². The van der Waals surface area contributed by atoms with Gasteiger partial charge >= 0.3 is 5.97 Å². The molecule has 1 fully saturated rings. The highest BCUT2D eigenvalue weighted by molar-refractivity contribution is 5.70. The summed E-state index contributed by atoms with van der Waals surface area (Å²) in [5.74, 6) is -1.89. The van der Waals surface area contributed by atoms with Crippen molar-refractivity contribution >= 4 is 5.97 Å². The number of aliphatic carboxylic acids is 1. The Bertz CT molecular complexity index is 521. The first-order valence-electron chi connectivity index (χ1n) is 10.7. The second-order valence-electron chi connectivity index (χ2n) is 9.81. The van der Waals surface area contributed by atoms with Gasteiger partial charge in [0.2, 0.25) is 0 Å². The fourth-order valence-electron chi connectivity index (χ4n) is 5.02. The SMILES string of the molecule is CC[C@@H](O)[C@@](C)(O)[C@H](C)[C@@H](C)C1O[C@@](C)(C[C@@H](C)[C@H](O)[C@@H](C)C(=O)O)CC1C. The number of carboxylic acids is 1. The first kappa shape index (κ1) is 25.3.